The quantitative estimate of drug-likeness (QED) is 0.501. The van der Waals surface area contributed by atoms with Gasteiger partial charge in [-0.3, -0.25) is 0 Å². The van der Waals surface area contributed by atoms with Crippen molar-refractivity contribution in [3.05, 3.63) is 67.0 Å². The Morgan fingerprint density at radius 3 is 2.88 bits per heavy atom. The van der Waals surface area contributed by atoms with Crippen LogP contribution < -0.4 is 0 Å². The number of fused-ring (bicyclic) bond motifs is 2. The van der Waals surface area contributed by atoms with Crippen LogP contribution in [-0.2, 0) is 0 Å². The minimum absolute atomic E-state index is 0.0210. The Bertz CT molecular complexity index is 1140. The molecule has 1 N–H and O–H groups in total. The third-order valence-corrected chi connectivity index (χ3v) is 4.60. The molecule has 4 rings (SSSR count). The smallest absolute Gasteiger partial charge is 0.163 e. The highest BCUT2D eigenvalue weighted by atomic mass is 35.5. The van der Waals surface area contributed by atoms with Gasteiger partial charge in [0.15, 0.2) is 5.82 Å². The minimum atomic E-state index is -0.413. The van der Waals surface area contributed by atoms with Crippen LogP contribution in [0.2, 0.25) is 5.02 Å². The summed E-state index contributed by atoms with van der Waals surface area (Å²) in [4.78, 5) is 16.1. The van der Waals surface area contributed by atoms with Crippen molar-refractivity contribution >= 4 is 33.7 Å². The molecular weight excluding hydrogens is 353 g/mol. The van der Waals surface area contributed by atoms with Gasteiger partial charge in [-0.05, 0) is 12.5 Å². The fourth-order valence-electron chi connectivity index (χ4n) is 3.03. The van der Waals surface area contributed by atoms with Gasteiger partial charge in [-0.15, -0.1) is 13.2 Å². The minimum Gasteiger partial charge on any atom is -0.345 e. The van der Waals surface area contributed by atoms with Gasteiger partial charge in [0.2, 0.25) is 0 Å². The summed E-state index contributed by atoms with van der Waals surface area (Å²) in [5.41, 5.74) is 1.94. The molecule has 0 spiro atoms. The fraction of sp³-hybridized carbons (Fsp3) is 0.105. The van der Waals surface area contributed by atoms with E-state index in [1.54, 1.807) is 12.4 Å². The molecule has 4 aromatic heterocycles. The molecule has 0 aromatic carbocycles. The van der Waals surface area contributed by atoms with Gasteiger partial charge >= 0.3 is 0 Å². The second kappa shape index (κ2) is 6.38. The summed E-state index contributed by atoms with van der Waals surface area (Å²) in [6, 6.07) is 1.39. The largest absolute Gasteiger partial charge is 0.345 e. The van der Waals surface area contributed by atoms with E-state index in [1.165, 1.54) is 12.3 Å². The molecule has 130 valence electrons. The van der Waals surface area contributed by atoms with Crippen molar-refractivity contribution in [3.63, 3.8) is 0 Å². The number of rotatable bonds is 5. The number of pyridine rings is 1. The van der Waals surface area contributed by atoms with Crippen LogP contribution in [0.5, 0.6) is 0 Å². The predicted molar refractivity (Wildman–Crippen MR) is 102 cm³/mol. The normalized spacial score (nSPS) is 12.5. The van der Waals surface area contributed by atoms with E-state index in [4.69, 9.17) is 11.6 Å². The molecule has 1 atom stereocenters. The Balaban J connectivity index is 1.93. The van der Waals surface area contributed by atoms with Crippen LogP contribution in [0.4, 0.5) is 4.39 Å². The molecule has 0 aliphatic carbocycles. The first-order valence-corrected chi connectivity index (χ1v) is 8.39. The standard InChI is InChI=1S/C19H15ClFN5/c1-3-5-12(4-2)26-10-16(20)15-9-24-18(25-19(15)26)14-8-23-17-13(14)6-11(21)7-22-17/h3-4,6-10,12H,1-2,5H2,(H,22,23)/t12-/m1/s1. The van der Waals surface area contributed by atoms with Crippen LogP contribution in [0.25, 0.3) is 33.5 Å². The zero-order chi connectivity index (χ0) is 18.3. The molecule has 5 nitrogen and oxygen atoms in total. The van der Waals surface area contributed by atoms with Crippen LogP contribution in [-0.4, -0.2) is 24.5 Å². The SMILES string of the molecule is C=CC[C@@H](C=C)n1cc(Cl)c2cnc(-c3c[nH]c4ncc(F)cc34)nc21. The van der Waals surface area contributed by atoms with Crippen molar-refractivity contribution in [2.24, 2.45) is 0 Å². The number of hydrogen-bond acceptors (Lipinski definition) is 3. The lowest BCUT2D eigenvalue weighted by molar-refractivity contribution is 0.624. The molecule has 0 bridgehead atoms. The molecule has 0 fully saturated rings. The number of allylic oxidation sites excluding steroid dienone is 2. The average Bonchev–Trinajstić information content (AvgIpc) is 3.20. The van der Waals surface area contributed by atoms with Crippen LogP contribution >= 0.6 is 11.6 Å². The van der Waals surface area contributed by atoms with E-state index < -0.39 is 5.82 Å². The number of halogens is 2. The number of hydrogen-bond donors (Lipinski definition) is 1. The molecule has 0 radical (unpaired) electrons. The van der Waals surface area contributed by atoms with Gasteiger partial charge in [-0.25, -0.2) is 19.3 Å². The number of aromatic nitrogens is 5. The monoisotopic (exact) mass is 367 g/mol. The molecule has 4 heterocycles. The highest BCUT2D eigenvalue weighted by Crippen LogP contribution is 2.31. The predicted octanol–water partition coefficient (Wildman–Crippen LogP) is 5.07. The number of aromatic amines is 1. The Morgan fingerprint density at radius 2 is 2.12 bits per heavy atom. The maximum Gasteiger partial charge on any atom is 0.163 e. The molecule has 0 aliphatic heterocycles. The molecule has 7 heteroatoms. The lowest BCUT2D eigenvalue weighted by Crippen LogP contribution is -2.05. The maximum absolute atomic E-state index is 13.6. The van der Waals surface area contributed by atoms with Crippen molar-refractivity contribution < 1.29 is 4.39 Å². The molecule has 0 unspecified atom stereocenters. The molecule has 0 saturated carbocycles. The van der Waals surface area contributed by atoms with Gasteiger partial charge in [0.25, 0.3) is 0 Å². The van der Waals surface area contributed by atoms with Gasteiger partial charge < -0.3 is 9.55 Å². The summed E-state index contributed by atoms with van der Waals surface area (Å²) >= 11 is 6.35. The summed E-state index contributed by atoms with van der Waals surface area (Å²) in [6.45, 7) is 7.67. The Kier molecular flexibility index (Phi) is 4.05. The van der Waals surface area contributed by atoms with Gasteiger partial charge in [0.05, 0.1) is 22.6 Å². The highest BCUT2D eigenvalue weighted by molar-refractivity contribution is 6.35. The topological polar surface area (TPSA) is 59.4 Å². The fourth-order valence-corrected chi connectivity index (χ4v) is 3.27. The molecule has 26 heavy (non-hydrogen) atoms. The summed E-state index contributed by atoms with van der Waals surface area (Å²) in [7, 11) is 0. The van der Waals surface area contributed by atoms with Gasteiger partial charge in [0.1, 0.15) is 17.1 Å². The van der Waals surface area contributed by atoms with Crippen LogP contribution in [0.1, 0.15) is 12.5 Å². The summed E-state index contributed by atoms with van der Waals surface area (Å²) < 4.78 is 15.6. The van der Waals surface area contributed by atoms with Crippen molar-refractivity contribution in [1.29, 1.82) is 0 Å². The lowest BCUT2D eigenvalue weighted by Gasteiger charge is -2.13. The molecule has 4 aromatic rings. The van der Waals surface area contributed by atoms with Crippen molar-refractivity contribution in [2.45, 2.75) is 12.5 Å². The Labute approximate surface area is 153 Å². The second-order valence-electron chi connectivity index (χ2n) is 5.89. The molecule has 0 saturated heterocycles. The van der Waals surface area contributed by atoms with Crippen molar-refractivity contribution in [2.75, 3.05) is 0 Å². The maximum atomic E-state index is 13.6. The number of nitrogens with one attached hydrogen (secondary N) is 1. The second-order valence-corrected chi connectivity index (χ2v) is 6.30. The average molecular weight is 368 g/mol. The first-order chi connectivity index (χ1) is 12.6. The third kappa shape index (κ3) is 2.59. The van der Waals surface area contributed by atoms with Crippen molar-refractivity contribution in [1.82, 2.24) is 24.5 Å². The van der Waals surface area contributed by atoms with E-state index in [0.717, 1.165) is 5.39 Å². The van der Waals surface area contributed by atoms with E-state index in [2.05, 4.69) is 33.1 Å². The van der Waals surface area contributed by atoms with E-state index in [0.29, 0.717) is 39.5 Å². The highest BCUT2D eigenvalue weighted by Gasteiger charge is 2.17. The number of H-pyrrole nitrogens is 1. The summed E-state index contributed by atoms with van der Waals surface area (Å²) in [6.07, 6.45) is 10.7. The van der Waals surface area contributed by atoms with E-state index in [1.807, 2.05) is 22.9 Å². The first kappa shape index (κ1) is 16.5. The summed E-state index contributed by atoms with van der Waals surface area (Å²) in [5, 5.41) is 1.93. The first-order valence-electron chi connectivity index (χ1n) is 8.02. The van der Waals surface area contributed by atoms with Gasteiger partial charge in [0, 0.05) is 29.5 Å². The number of nitrogens with zero attached hydrogens (tertiary/aromatic N) is 4. The van der Waals surface area contributed by atoms with Crippen molar-refractivity contribution in [3.8, 4) is 11.4 Å². The summed E-state index contributed by atoms with van der Waals surface area (Å²) in [5.74, 6) is 0.0529. The van der Waals surface area contributed by atoms with E-state index >= 15 is 0 Å². The van der Waals surface area contributed by atoms with Crippen LogP contribution in [0, 0.1) is 5.82 Å². The molecular formula is C19H15ClFN5. The zero-order valence-electron chi connectivity index (χ0n) is 13.8. The van der Waals surface area contributed by atoms with E-state index in [9.17, 15) is 4.39 Å². The lowest BCUT2D eigenvalue weighted by atomic mass is 10.2. The van der Waals surface area contributed by atoms with Crippen LogP contribution in [0.15, 0.2) is 56.2 Å². The Hall–Kier alpha value is -2.99. The van der Waals surface area contributed by atoms with Gasteiger partial charge in [-0.1, -0.05) is 23.8 Å². The Morgan fingerprint density at radius 1 is 1.27 bits per heavy atom. The third-order valence-electron chi connectivity index (χ3n) is 4.30. The molecule has 0 aliphatic rings. The van der Waals surface area contributed by atoms with E-state index in [-0.39, 0.29) is 6.04 Å². The van der Waals surface area contributed by atoms with Gasteiger partial charge in [-0.2, -0.15) is 0 Å². The zero-order valence-corrected chi connectivity index (χ0v) is 14.5. The van der Waals surface area contributed by atoms with Crippen LogP contribution in [0.3, 0.4) is 0 Å². The molecule has 0 amide bonds.